The SMILES string of the molecule is O=C(CCCC(CO[N+](=O)[O-])O[N+](=O)[O-])NCCC(=O)NC(Cc1c[nH]cn1)C(=O)O.O=C(O)C(F)(F)F. The van der Waals surface area contributed by atoms with Crippen molar-refractivity contribution in [2.24, 2.45) is 0 Å². The third-order valence-corrected chi connectivity index (χ3v) is 4.05. The summed E-state index contributed by atoms with van der Waals surface area (Å²) in [6, 6.07) is -1.17. The Morgan fingerprint density at radius 1 is 1.11 bits per heavy atom. The summed E-state index contributed by atoms with van der Waals surface area (Å²) in [6.07, 6.45) is -3.58. The number of carboxylic acid groups (broad SMARTS) is 2. The second-order valence-electron chi connectivity index (χ2n) is 6.99. The molecule has 0 aliphatic carbocycles. The molecule has 21 heteroatoms. The van der Waals surface area contributed by atoms with Crippen molar-refractivity contribution < 1.29 is 62.4 Å². The van der Waals surface area contributed by atoms with E-state index < -0.39 is 58.9 Å². The molecule has 0 saturated carbocycles. The highest BCUT2D eigenvalue weighted by Crippen LogP contribution is 2.13. The Bertz CT molecular complexity index is 944. The molecule has 1 heterocycles. The molecule has 1 rings (SSSR count). The molecule has 38 heavy (non-hydrogen) atoms. The lowest BCUT2D eigenvalue weighted by Gasteiger charge is -2.14. The summed E-state index contributed by atoms with van der Waals surface area (Å²) in [5.74, 6) is -5.03. The van der Waals surface area contributed by atoms with Crippen molar-refractivity contribution in [3.63, 3.8) is 0 Å². The van der Waals surface area contributed by atoms with Gasteiger partial charge in [-0.3, -0.25) is 9.59 Å². The summed E-state index contributed by atoms with van der Waals surface area (Å²) in [6.45, 7) is -0.711. The monoisotopic (exact) mass is 560 g/mol. The van der Waals surface area contributed by atoms with Gasteiger partial charge in [-0.25, -0.2) is 14.6 Å². The van der Waals surface area contributed by atoms with Crippen molar-refractivity contribution in [1.82, 2.24) is 20.6 Å². The number of rotatable bonds is 16. The molecule has 214 valence electrons. The normalized spacial score (nSPS) is 12.1. The number of hydrogen-bond donors (Lipinski definition) is 5. The van der Waals surface area contributed by atoms with Crippen LogP contribution in [0.15, 0.2) is 12.5 Å². The van der Waals surface area contributed by atoms with Crippen molar-refractivity contribution in [3.05, 3.63) is 38.4 Å². The van der Waals surface area contributed by atoms with Crippen molar-refractivity contribution in [3.8, 4) is 0 Å². The van der Waals surface area contributed by atoms with E-state index in [1.165, 1.54) is 12.5 Å². The molecule has 0 radical (unpaired) electrons. The third-order valence-electron chi connectivity index (χ3n) is 4.05. The fourth-order valence-corrected chi connectivity index (χ4v) is 2.40. The lowest BCUT2D eigenvalue weighted by atomic mass is 10.1. The molecule has 1 aromatic rings. The molecule has 0 fully saturated rings. The Morgan fingerprint density at radius 3 is 2.21 bits per heavy atom. The number of nitrogens with one attached hydrogen (secondary N) is 3. The molecule has 1 aromatic heterocycles. The van der Waals surface area contributed by atoms with Gasteiger partial charge in [0.25, 0.3) is 10.2 Å². The smallest absolute Gasteiger partial charge is 0.480 e. The average Bonchev–Trinajstić information content (AvgIpc) is 3.29. The van der Waals surface area contributed by atoms with Gasteiger partial charge in [0.05, 0.1) is 12.0 Å². The second-order valence-corrected chi connectivity index (χ2v) is 6.99. The van der Waals surface area contributed by atoms with Gasteiger partial charge in [-0.2, -0.15) is 13.2 Å². The van der Waals surface area contributed by atoms with Gasteiger partial charge in [-0.15, -0.1) is 20.2 Å². The quantitative estimate of drug-likeness (QED) is 0.128. The van der Waals surface area contributed by atoms with Crippen LogP contribution >= 0.6 is 0 Å². The Morgan fingerprint density at radius 2 is 1.74 bits per heavy atom. The summed E-state index contributed by atoms with van der Waals surface area (Å²) < 4.78 is 31.7. The van der Waals surface area contributed by atoms with E-state index in [-0.39, 0.29) is 38.6 Å². The minimum Gasteiger partial charge on any atom is -0.480 e. The Hall–Kier alpha value is -4.72. The number of alkyl halides is 3. The van der Waals surface area contributed by atoms with Crippen LogP contribution in [0, 0.1) is 20.2 Å². The number of hydrogen-bond acceptors (Lipinski definition) is 11. The fourth-order valence-electron chi connectivity index (χ4n) is 2.40. The Balaban J connectivity index is 0.00000171. The molecule has 2 amide bonds. The van der Waals surface area contributed by atoms with Crippen LogP contribution in [0.2, 0.25) is 0 Å². The minimum atomic E-state index is -5.08. The van der Waals surface area contributed by atoms with E-state index in [9.17, 15) is 52.9 Å². The number of carbonyl (C=O) groups is 4. The largest absolute Gasteiger partial charge is 0.490 e. The summed E-state index contributed by atoms with van der Waals surface area (Å²) >= 11 is 0. The zero-order valence-corrected chi connectivity index (χ0v) is 19.2. The highest BCUT2D eigenvalue weighted by Gasteiger charge is 2.38. The fraction of sp³-hybridized carbons (Fsp3) is 0.588. The van der Waals surface area contributed by atoms with E-state index in [1.54, 1.807) is 0 Å². The molecule has 2 atom stereocenters. The van der Waals surface area contributed by atoms with Gasteiger partial charge in [-0.05, 0) is 12.8 Å². The number of aliphatic carboxylic acids is 2. The van der Waals surface area contributed by atoms with E-state index in [1.807, 2.05) is 0 Å². The summed E-state index contributed by atoms with van der Waals surface area (Å²) in [4.78, 5) is 79.2. The van der Waals surface area contributed by atoms with Crippen LogP contribution in [0.1, 0.15) is 31.4 Å². The van der Waals surface area contributed by atoms with Crippen molar-refractivity contribution in [2.45, 2.75) is 50.4 Å². The van der Waals surface area contributed by atoms with Crippen LogP contribution in [0.5, 0.6) is 0 Å². The molecule has 0 bridgehead atoms. The number of aromatic nitrogens is 2. The van der Waals surface area contributed by atoms with E-state index in [4.69, 9.17) is 9.90 Å². The first-order valence-corrected chi connectivity index (χ1v) is 10.3. The molecular weight excluding hydrogens is 537 g/mol. The zero-order chi connectivity index (χ0) is 29.3. The molecule has 2 unspecified atom stereocenters. The second kappa shape index (κ2) is 16.9. The summed E-state index contributed by atoms with van der Waals surface area (Å²) in [5.41, 5.74) is 0.462. The number of aromatic amines is 1. The van der Waals surface area contributed by atoms with E-state index in [0.29, 0.717) is 5.69 Å². The first-order chi connectivity index (χ1) is 17.6. The number of H-pyrrole nitrogens is 1. The zero-order valence-electron chi connectivity index (χ0n) is 19.2. The molecular formula is C17H23F3N6O12. The number of carboxylic acids is 2. The van der Waals surface area contributed by atoms with Crippen molar-refractivity contribution in [1.29, 1.82) is 0 Å². The lowest BCUT2D eigenvalue weighted by Crippen LogP contribution is -2.43. The van der Waals surface area contributed by atoms with E-state index >= 15 is 0 Å². The molecule has 5 N–H and O–H groups in total. The predicted octanol–water partition coefficient (Wildman–Crippen LogP) is -0.383. The Labute approximate surface area is 209 Å². The maximum Gasteiger partial charge on any atom is 0.490 e. The van der Waals surface area contributed by atoms with Crippen LogP contribution in [0.3, 0.4) is 0 Å². The maximum atomic E-state index is 11.9. The number of amides is 2. The highest BCUT2D eigenvalue weighted by molar-refractivity contribution is 5.84. The van der Waals surface area contributed by atoms with Gasteiger partial charge >= 0.3 is 18.1 Å². The van der Waals surface area contributed by atoms with Gasteiger partial charge < -0.3 is 35.5 Å². The molecule has 18 nitrogen and oxygen atoms in total. The molecule has 0 aromatic carbocycles. The number of imidazole rings is 1. The van der Waals surface area contributed by atoms with E-state index in [0.717, 1.165) is 0 Å². The summed E-state index contributed by atoms with van der Waals surface area (Å²) in [5, 5.41) is 39.4. The molecule has 0 spiro atoms. The Kier molecular flexibility index (Phi) is 14.8. The maximum absolute atomic E-state index is 11.9. The van der Waals surface area contributed by atoms with Gasteiger partial charge in [0.2, 0.25) is 11.8 Å². The molecule has 0 saturated heterocycles. The van der Waals surface area contributed by atoms with E-state index in [2.05, 4.69) is 30.3 Å². The van der Waals surface area contributed by atoms with Crippen LogP contribution in [-0.4, -0.2) is 85.6 Å². The first kappa shape index (κ1) is 33.3. The molecule has 0 aliphatic heterocycles. The summed E-state index contributed by atoms with van der Waals surface area (Å²) in [7, 11) is 0. The number of halogens is 3. The lowest BCUT2D eigenvalue weighted by molar-refractivity contribution is -0.790. The van der Waals surface area contributed by atoms with Crippen molar-refractivity contribution >= 4 is 23.8 Å². The van der Waals surface area contributed by atoms with Gasteiger partial charge in [0, 0.05) is 32.0 Å². The standard InChI is InChI=1S/C15H22N6O10.C2HF3O2/c22-13(3-1-2-11(31-21(28)29)8-30-20(26)27)17-5-4-14(23)19-12(15(24)25)6-10-7-16-9-18-10;3-2(4,5)1(6)7/h7,9,11-12H,1-6,8H2,(H,16,18)(H,17,22)(H,19,23)(H,24,25);(H,6,7). The topological polar surface area (TPSA) is 266 Å². The van der Waals surface area contributed by atoms with Gasteiger partial charge in [0.1, 0.15) is 18.8 Å². The number of carbonyl (C=O) groups excluding carboxylic acids is 2. The highest BCUT2D eigenvalue weighted by atomic mass is 19.4. The minimum absolute atomic E-state index is 0.00944. The van der Waals surface area contributed by atoms with Gasteiger partial charge in [-0.1, -0.05) is 0 Å². The van der Waals surface area contributed by atoms with Crippen LogP contribution < -0.4 is 10.6 Å². The molecule has 0 aliphatic rings. The number of nitrogens with zero attached hydrogens (tertiary/aromatic N) is 3. The third kappa shape index (κ3) is 16.8. The first-order valence-electron chi connectivity index (χ1n) is 10.3. The van der Waals surface area contributed by atoms with Crippen LogP contribution in [-0.2, 0) is 35.3 Å². The van der Waals surface area contributed by atoms with Gasteiger partial charge in [0.15, 0.2) is 0 Å². The average molecular weight is 560 g/mol. The predicted molar refractivity (Wildman–Crippen MR) is 112 cm³/mol. The van der Waals surface area contributed by atoms with Crippen molar-refractivity contribution in [2.75, 3.05) is 13.2 Å². The van der Waals surface area contributed by atoms with Crippen LogP contribution in [0.4, 0.5) is 13.2 Å². The van der Waals surface area contributed by atoms with Crippen LogP contribution in [0.25, 0.3) is 0 Å².